The Balaban J connectivity index is 5.20. The van der Waals surface area contributed by atoms with Gasteiger partial charge in [0, 0.05) is 25.7 Å². The van der Waals surface area contributed by atoms with E-state index in [0.29, 0.717) is 25.7 Å². The van der Waals surface area contributed by atoms with E-state index in [4.69, 9.17) is 37.0 Å². The van der Waals surface area contributed by atoms with Gasteiger partial charge in [0.1, 0.15) is 19.3 Å². The molecule has 3 unspecified atom stereocenters. The fourth-order valence-electron chi connectivity index (χ4n) is 12.7. The summed E-state index contributed by atoms with van der Waals surface area (Å²) in [6.45, 7) is 7.38. The van der Waals surface area contributed by atoms with Gasteiger partial charge in [0.2, 0.25) is 0 Å². The van der Waals surface area contributed by atoms with Crippen LogP contribution in [0, 0.1) is 5.92 Å². The maximum Gasteiger partial charge on any atom is 0.472 e. The van der Waals surface area contributed by atoms with Gasteiger partial charge in [-0.3, -0.25) is 37.3 Å². The number of aliphatic hydroxyl groups is 1. The molecule has 0 aliphatic rings. The number of unbranched alkanes of at least 4 members (excludes halogenated alkanes) is 53. The van der Waals surface area contributed by atoms with Gasteiger partial charge in [0.15, 0.2) is 12.2 Å². The van der Waals surface area contributed by atoms with E-state index in [2.05, 4.69) is 34.6 Å². The molecule has 0 aromatic rings. The first-order valence-corrected chi connectivity index (χ1v) is 45.7. The topological polar surface area (TPSA) is 237 Å². The predicted octanol–water partition coefficient (Wildman–Crippen LogP) is 24.8. The van der Waals surface area contributed by atoms with Crippen molar-refractivity contribution in [1.82, 2.24) is 0 Å². The average Bonchev–Trinajstić information content (AvgIpc) is 1.39. The Morgan fingerprint density at radius 1 is 0.277 bits per heavy atom. The highest BCUT2D eigenvalue weighted by Gasteiger charge is 2.30. The van der Waals surface area contributed by atoms with E-state index in [1.54, 1.807) is 0 Å². The second-order valence-electron chi connectivity index (χ2n) is 29.8. The third-order valence-corrected chi connectivity index (χ3v) is 21.5. The molecule has 0 aromatic carbocycles. The first-order valence-electron chi connectivity index (χ1n) is 42.7. The SMILES string of the molecule is CCCCCCCCCCCCCCCCCCCCCCCC(=O)O[C@H](COC(=O)CCCCCCCCCCCCCCCCC(C)CC)COP(=O)(O)OC[C@@H](O)COP(=O)(O)OC[C@@H](COC(=O)CCCCCCCCCCC)OC(=O)CCCCCCCCCCCCCCC. The number of hydrogen-bond acceptors (Lipinski definition) is 15. The second-order valence-corrected chi connectivity index (χ2v) is 32.7. The molecule has 0 aliphatic carbocycles. The Labute approximate surface area is 619 Å². The van der Waals surface area contributed by atoms with Crippen LogP contribution in [0.15, 0.2) is 0 Å². The number of esters is 4. The maximum atomic E-state index is 13.1. The summed E-state index contributed by atoms with van der Waals surface area (Å²) >= 11 is 0. The molecule has 0 fully saturated rings. The van der Waals surface area contributed by atoms with Crippen molar-refractivity contribution in [3.63, 3.8) is 0 Å². The summed E-state index contributed by atoms with van der Waals surface area (Å²) in [6.07, 6.45) is 66.6. The molecule has 6 atom stereocenters. The first-order chi connectivity index (χ1) is 49.1. The molecule has 0 bridgehead atoms. The number of phosphoric ester groups is 2. The molecule has 0 radical (unpaired) electrons. The number of ether oxygens (including phenoxy) is 4. The largest absolute Gasteiger partial charge is 0.472 e. The smallest absolute Gasteiger partial charge is 0.462 e. The molecule has 17 nitrogen and oxygen atoms in total. The zero-order chi connectivity index (χ0) is 74.1. The fraction of sp³-hybridized carbons (Fsp3) is 0.951. The zero-order valence-electron chi connectivity index (χ0n) is 66.1. The van der Waals surface area contributed by atoms with Crippen molar-refractivity contribution in [1.29, 1.82) is 0 Å². The minimum absolute atomic E-state index is 0.108. The van der Waals surface area contributed by atoms with Crippen molar-refractivity contribution in [2.24, 2.45) is 5.92 Å². The zero-order valence-corrected chi connectivity index (χ0v) is 67.8. The quantitative estimate of drug-likeness (QED) is 0.0222. The van der Waals surface area contributed by atoms with Crippen LogP contribution in [0.5, 0.6) is 0 Å². The average molecular weight is 1480 g/mol. The lowest BCUT2D eigenvalue weighted by atomic mass is 9.99. The molecule has 0 amide bonds. The maximum absolute atomic E-state index is 13.1. The Morgan fingerprint density at radius 2 is 0.475 bits per heavy atom. The molecule has 600 valence electrons. The van der Waals surface area contributed by atoms with Crippen LogP contribution in [0.1, 0.15) is 439 Å². The van der Waals surface area contributed by atoms with E-state index in [1.807, 2.05) is 0 Å². The third-order valence-electron chi connectivity index (χ3n) is 19.6. The van der Waals surface area contributed by atoms with Crippen LogP contribution >= 0.6 is 15.6 Å². The van der Waals surface area contributed by atoms with E-state index < -0.39 is 97.5 Å². The Hall–Kier alpha value is -1.94. The lowest BCUT2D eigenvalue weighted by molar-refractivity contribution is -0.161. The van der Waals surface area contributed by atoms with Gasteiger partial charge in [-0.05, 0) is 31.6 Å². The second kappa shape index (κ2) is 74.9. The van der Waals surface area contributed by atoms with Crippen molar-refractivity contribution >= 4 is 39.5 Å². The Bertz CT molecular complexity index is 1930. The monoisotopic (exact) mass is 1480 g/mol. The molecular formula is C82H160O17P2. The van der Waals surface area contributed by atoms with E-state index in [1.165, 1.54) is 263 Å². The van der Waals surface area contributed by atoms with Crippen LogP contribution in [0.3, 0.4) is 0 Å². The molecule has 0 rings (SSSR count). The summed E-state index contributed by atoms with van der Waals surface area (Å²) in [5.74, 6) is -1.26. The Kier molecular flexibility index (Phi) is 73.5. The van der Waals surface area contributed by atoms with Crippen LogP contribution < -0.4 is 0 Å². The van der Waals surface area contributed by atoms with Gasteiger partial charge in [-0.1, -0.05) is 388 Å². The molecule has 19 heteroatoms. The van der Waals surface area contributed by atoms with E-state index in [9.17, 15) is 43.2 Å². The van der Waals surface area contributed by atoms with E-state index >= 15 is 0 Å². The van der Waals surface area contributed by atoms with Crippen LogP contribution in [0.4, 0.5) is 0 Å². The van der Waals surface area contributed by atoms with Gasteiger partial charge >= 0.3 is 39.5 Å². The minimum atomic E-state index is -4.96. The molecule has 3 N–H and O–H groups in total. The molecule has 101 heavy (non-hydrogen) atoms. The number of carbonyl (C=O) groups excluding carboxylic acids is 4. The molecule has 0 heterocycles. The Morgan fingerprint density at radius 3 is 0.703 bits per heavy atom. The van der Waals surface area contributed by atoms with Crippen LogP contribution in [-0.2, 0) is 65.4 Å². The molecular weight excluding hydrogens is 1320 g/mol. The molecule has 0 saturated heterocycles. The number of hydrogen-bond donors (Lipinski definition) is 3. The lowest BCUT2D eigenvalue weighted by Crippen LogP contribution is -2.30. The third kappa shape index (κ3) is 74.7. The van der Waals surface area contributed by atoms with Crippen molar-refractivity contribution in [3.8, 4) is 0 Å². The van der Waals surface area contributed by atoms with Crippen LogP contribution in [0.25, 0.3) is 0 Å². The number of aliphatic hydroxyl groups excluding tert-OH is 1. The van der Waals surface area contributed by atoms with Crippen LogP contribution in [-0.4, -0.2) is 96.7 Å². The highest BCUT2D eigenvalue weighted by Crippen LogP contribution is 2.45. The first kappa shape index (κ1) is 99.1. The van der Waals surface area contributed by atoms with Crippen molar-refractivity contribution in [3.05, 3.63) is 0 Å². The van der Waals surface area contributed by atoms with Gasteiger partial charge in [-0.2, -0.15) is 0 Å². The summed E-state index contributed by atoms with van der Waals surface area (Å²) in [5, 5.41) is 10.6. The summed E-state index contributed by atoms with van der Waals surface area (Å²) in [5.41, 5.74) is 0. The molecule has 0 aliphatic heterocycles. The number of phosphoric acid groups is 2. The van der Waals surface area contributed by atoms with Gasteiger partial charge in [0.05, 0.1) is 26.4 Å². The van der Waals surface area contributed by atoms with E-state index in [-0.39, 0.29) is 25.7 Å². The molecule has 0 aromatic heterocycles. The van der Waals surface area contributed by atoms with Gasteiger partial charge in [-0.25, -0.2) is 9.13 Å². The number of carbonyl (C=O) groups is 4. The predicted molar refractivity (Wildman–Crippen MR) is 414 cm³/mol. The van der Waals surface area contributed by atoms with E-state index in [0.717, 1.165) is 95.8 Å². The molecule has 0 spiro atoms. The minimum Gasteiger partial charge on any atom is -0.462 e. The summed E-state index contributed by atoms with van der Waals surface area (Å²) in [6, 6.07) is 0. The van der Waals surface area contributed by atoms with Crippen molar-refractivity contribution in [2.75, 3.05) is 39.6 Å². The highest BCUT2D eigenvalue weighted by atomic mass is 31.2. The van der Waals surface area contributed by atoms with Crippen molar-refractivity contribution < 1.29 is 80.2 Å². The highest BCUT2D eigenvalue weighted by molar-refractivity contribution is 7.47. The van der Waals surface area contributed by atoms with Gasteiger partial charge < -0.3 is 33.8 Å². The van der Waals surface area contributed by atoms with Gasteiger partial charge in [-0.15, -0.1) is 0 Å². The number of rotatable bonds is 82. The standard InChI is InChI=1S/C82H160O17P2/c1-6-10-13-16-19-22-24-26-27-28-29-30-31-32-33-39-43-48-53-58-63-68-82(87)99-78(72-93-80(85)66-61-56-51-46-41-38-35-34-37-40-45-49-54-59-64-75(5)9-4)74-97-101(90,91)95-70-76(83)69-94-100(88,89)96-73-77(71-92-79(84)65-60-55-50-44-21-18-15-12-8-3)98-81(86)67-62-57-52-47-42-36-25-23-20-17-14-11-7-2/h75-78,83H,6-74H2,1-5H3,(H,88,89)(H,90,91)/t75?,76-,77+,78+/m0/s1. The summed E-state index contributed by atoms with van der Waals surface area (Å²) in [4.78, 5) is 73.0. The van der Waals surface area contributed by atoms with Gasteiger partial charge in [0.25, 0.3) is 0 Å². The fourth-order valence-corrected chi connectivity index (χ4v) is 14.3. The van der Waals surface area contributed by atoms with Crippen molar-refractivity contribution in [2.45, 2.75) is 457 Å². The molecule has 0 saturated carbocycles. The lowest BCUT2D eigenvalue weighted by Gasteiger charge is -2.21. The summed E-state index contributed by atoms with van der Waals surface area (Å²) in [7, 11) is -9.92. The van der Waals surface area contributed by atoms with Crippen LogP contribution in [0.2, 0.25) is 0 Å². The summed E-state index contributed by atoms with van der Waals surface area (Å²) < 4.78 is 68.7. The normalized spacial score (nSPS) is 14.1.